The Balaban J connectivity index is 1.50. The summed E-state index contributed by atoms with van der Waals surface area (Å²) >= 11 is 1.87. The molecule has 9 heteroatoms. The highest BCUT2D eigenvalue weighted by molar-refractivity contribution is 7.99. The van der Waals surface area contributed by atoms with Crippen molar-refractivity contribution >= 4 is 33.6 Å². The van der Waals surface area contributed by atoms with Crippen LogP contribution in [-0.2, 0) is 21.4 Å². The van der Waals surface area contributed by atoms with E-state index >= 15 is 0 Å². The van der Waals surface area contributed by atoms with Gasteiger partial charge >= 0.3 is 0 Å². The molecule has 3 aliphatic rings. The third-order valence-corrected chi connectivity index (χ3v) is 8.65. The zero-order valence-electron chi connectivity index (χ0n) is 16.7. The molecule has 0 spiro atoms. The number of fused-ring (bicyclic) bond motifs is 1. The molecule has 7 nitrogen and oxygen atoms in total. The second kappa shape index (κ2) is 7.92. The van der Waals surface area contributed by atoms with E-state index in [0.717, 1.165) is 35.5 Å². The van der Waals surface area contributed by atoms with Crippen LogP contribution >= 0.6 is 11.8 Å². The summed E-state index contributed by atoms with van der Waals surface area (Å²) in [7, 11) is -3.23. The number of hydrogen-bond acceptors (Lipinski definition) is 5. The van der Waals surface area contributed by atoms with Gasteiger partial charge in [-0.1, -0.05) is 18.2 Å². The Morgan fingerprint density at radius 1 is 1.10 bits per heavy atom. The van der Waals surface area contributed by atoms with E-state index < -0.39 is 15.6 Å². The van der Waals surface area contributed by atoms with E-state index in [4.69, 9.17) is 0 Å². The van der Waals surface area contributed by atoms with Crippen molar-refractivity contribution < 1.29 is 18.0 Å². The molecule has 3 aliphatic heterocycles. The number of thioether (sulfide) groups is 1. The Bertz CT molecular complexity index is 904. The van der Waals surface area contributed by atoms with Gasteiger partial charge in [0.25, 0.3) is 5.91 Å². The minimum atomic E-state index is -3.23. The van der Waals surface area contributed by atoms with Gasteiger partial charge in [0.1, 0.15) is 0 Å². The van der Waals surface area contributed by atoms with Crippen LogP contribution < -0.4 is 0 Å². The number of nitrogens with zero attached hydrogens (tertiary/aromatic N) is 3. The van der Waals surface area contributed by atoms with Crippen molar-refractivity contribution in [3.05, 3.63) is 35.4 Å². The van der Waals surface area contributed by atoms with Crippen LogP contribution in [0.5, 0.6) is 0 Å². The standard InChI is InChI=1S/C20H27N3O4S2/c1-29(26,27)22-10-8-21(9-11-22)18(24)14-20(6-12-28-13-7-20)23-15-16-4-2-3-5-17(16)19(23)25/h2-5H,6-15H2,1H3. The van der Waals surface area contributed by atoms with E-state index in [1.807, 2.05) is 40.9 Å². The summed E-state index contributed by atoms with van der Waals surface area (Å²) in [4.78, 5) is 30.0. The molecule has 4 rings (SSSR count). The van der Waals surface area contributed by atoms with Gasteiger partial charge < -0.3 is 9.80 Å². The highest BCUT2D eigenvalue weighted by atomic mass is 32.2. The number of piperazine rings is 1. The maximum atomic E-state index is 13.2. The van der Waals surface area contributed by atoms with Crippen LogP contribution in [0.2, 0.25) is 0 Å². The average molecular weight is 438 g/mol. The van der Waals surface area contributed by atoms with E-state index in [9.17, 15) is 18.0 Å². The van der Waals surface area contributed by atoms with Crippen LogP contribution in [0.25, 0.3) is 0 Å². The molecule has 0 atom stereocenters. The smallest absolute Gasteiger partial charge is 0.254 e. The molecular formula is C20H27N3O4S2. The topological polar surface area (TPSA) is 78.0 Å². The Hall–Kier alpha value is -1.58. The van der Waals surface area contributed by atoms with Gasteiger partial charge in [0, 0.05) is 38.3 Å². The second-order valence-corrected chi connectivity index (χ2v) is 11.3. The van der Waals surface area contributed by atoms with Gasteiger partial charge in [-0.25, -0.2) is 8.42 Å². The van der Waals surface area contributed by atoms with Crippen LogP contribution in [0.15, 0.2) is 24.3 Å². The number of carbonyl (C=O) groups excluding carboxylic acids is 2. The normalized spacial score (nSPS) is 22.6. The lowest BCUT2D eigenvalue weighted by Gasteiger charge is -2.45. The zero-order valence-corrected chi connectivity index (χ0v) is 18.3. The molecule has 0 unspecified atom stereocenters. The van der Waals surface area contributed by atoms with Crippen molar-refractivity contribution in [1.29, 1.82) is 0 Å². The third-order valence-electron chi connectivity index (χ3n) is 6.36. The number of amides is 2. The number of benzene rings is 1. The minimum absolute atomic E-state index is 0.0220. The first-order chi connectivity index (χ1) is 13.8. The first kappa shape index (κ1) is 20.7. The summed E-state index contributed by atoms with van der Waals surface area (Å²) in [5.74, 6) is 1.93. The summed E-state index contributed by atoms with van der Waals surface area (Å²) < 4.78 is 24.9. The third kappa shape index (κ3) is 4.04. The molecule has 29 heavy (non-hydrogen) atoms. The molecule has 0 aliphatic carbocycles. The summed E-state index contributed by atoms with van der Waals surface area (Å²) in [5, 5.41) is 0. The lowest BCUT2D eigenvalue weighted by molar-refractivity contribution is -0.135. The fourth-order valence-corrected chi connectivity index (χ4v) is 6.67. The van der Waals surface area contributed by atoms with Gasteiger partial charge in [0.05, 0.1) is 18.2 Å². The fraction of sp³-hybridized carbons (Fsp3) is 0.600. The van der Waals surface area contributed by atoms with Crippen LogP contribution in [0.4, 0.5) is 0 Å². The minimum Gasteiger partial charge on any atom is -0.340 e. The van der Waals surface area contributed by atoms with Gasteiger partial charge in [-0.3, -0.25) is 9.59 Å². The monoisotopic (exact) mass is 437 g/mol. The van der Waals surface area contributed by atoms with E-state index in [1.54, 1.807) is 4.90 Å². The highest BCUT2D eigenvalue weighted by Crippen LogP contribution is 2.40. The van der Waals surface area contributed by atoms with Gasteiger partial charge in [-0.15, -0.1) is 0 Å². The maximum Gasteiger partial charge on any atom is 0.254 e. The first-order valence-corrected chi connectivity index (χ1v) is 13.0. The van der Waals surface area contributed by atoms with E-state index in [2.05, 4.69) is 0 Å². The van der Waals surface area contributed by atoms with Gasteiger partial charge in [0.15, 0.2) is 0 Å². The van der Waals surface area contributed by atoms with Crippen LogP contribution in [0, 0.1) is 0 Å². The predicted octanol–water partition coefficient (Wildman–Crippen LogP) is 1.40. The zero-order chi connectivity index (χ0) is 20.6. The summed E-state index contributed by atoms with van der Waals surface area (Å²) in [6.07, 6.45) is 3.14. The lowest BCUT2D eigenvalue weighted by Crippen LogP contribution is -2.56. The Morgan fingerprint density at radius 2 is 1.76 bits per heavy atom. The molecule has 0 aromatic heterocycles. The van der Waals surface area contributed by atoms with Crippen LogP contribution in [0.3, 0.4) is 0 Å². The molecule has 1 aromatic rings. The quantitative estimate of drug-likeness (QED) is 0.712. The Kier molecular flexibility index (Phi) is 5.65. The highest BCUT2D eigenvalue weighted by Gasteiger charge is 2.46. The van der Waals surface area contributed by atoms with Crippen molar-refractivity contribution in [1.82, 2.24) is 14.1 Å². The van der Waals surface area contributed by atoms with Crippen molar-refractivity contribution in [2.75, 3.05) is 43.9 Å². The molecule has 3 heterocycles. The van der Waals surface area contributed by atoms with E-state index in [0.29, 0.717) is 39.1 Å². The number of sulfonamides is 1. The van der Waals surface area contributed by atoms with Gasteiger partial charge in [-0.2, -0.15) is 16.1 Å². The van der Waals surface area contributed by atoms with Gasteiger partial charge in [0.2, 0.25) is 15.9 Å². The SMILES string of the molecule is CS(=O)(=O)N1CCN(C(=O)CC2(N3Cc4ccccc4C3=O)CCSCC2)CC1. The number of rotatable bonds is 4. The number of carbonyl (C=O) groups is 2. The molecule has 1 aromatic carbocycles. The first-order valence-electron chi connectivity index (χ1n) is 10.0. The molecule has 2 saturated heterocycles. The van der Waals surface area contributed by atoms with Crippen molar-refractivity contribution in [2.24, 2.45) is 0 Å². The molecule has 0 radical (unpaired) electrons. The largest absolute Gasteiger partial charge is 0.340 e. The van der Waals surface area contributed by atoms with Crippen LogP contribution in [-0.4, -0.2) is 83.8 Å². The van der Waals surface area contributed by atoms with Crippen molar-refractivity contribution in [2.45, 2.75) is 31.3 Å². The molecular weight excluding hydrogens is 410 g/mol. The van der Waals surface area contributed by atoms with Gasteiger partial charge in [-0.05, 0) is 36.0 Å². The molecule has 2 fully saturated rings. The molecule has 0 saturated carbocycles. The van der Waals surface area contributed by atoms with Crippen molar-refractivity contribution in [3.8, 4) is 0 Å². The molecule has 158 valence electrons. The molecule has 2 amide bonds. The molecule has 0 N–H and O–H groups in total. The summed E-state index contributed by atoms with van der Waals surface area (Å²) in [5.41, 5.74) is 1.33. The lowest BCUT2D eigenvalue weighted by atomic mass is 9.85. The molecule has 0 bridgehead atoms. The van der Waals surface area contributed by atoms with Crippen molar-refractivity contribution in [3.63, 3.8) is 0 Å². The second-order valence-electron chi connectivity index (χ2n) is 8.10. The predicted molar refractivity (Wildman–Crippen MR) is 113 cm³/mol. The van der Waals surface area contributed by atoms with E-state index in [1.165, 1.54) is 10.6 Å². The summed E-state index contributed by atoms with van der Waals surface area (Å²) in [6.45, 7) is 2.05. The average Bonchev–Trinajstić information content (AvgIpc) is 3.06. The van der Waals surface area contributed by atoms with E-state index in [-0.39, 0.29) is 11.8 Å². The maximum absolute atomic E-state index is 13.2. The Labute approximate surface area is 176 Å². The van der Waals surface area contributed by atoms with Crippen LogP contribution in [0.1, 0.15) is 35.2 Å². The Morgan fingerprint density at radius 3 is 2.38 bits per heavy atom. The number of hydrogen-bond donors (Lipinski definition) is 0. The fourth-order valence-electron chi connectivity index (χ4n) is 4.59. The summed E-state index contributed by atoms with van der Waals surface area (Å²) in [6, 6.07) is 7.70.